The molecule has 4 rings (SSSR count). The molecule has 0 fully saturated rings. The molecule has 4 nitrogen and oxygen atoms in total. The summed E-state index contributed by atoms with van der Waals surface area (Å²) in [5.41, 5.74) is 2.44. The molecule has 0 aromatic heterocycles. The van der Waals surface area contributed by atoms with Crippen LogP contribution in [0.1, 0.15) is 22.8 Å². The molecule has 0 unspecified atom stereocenters. The summed E-state index contributed by atoms with van der Waals surface area (Å²) in [6, 6.07) is 23.1. The van der Waals surface area contributed by atoms with Crippen LogP contribution in [0.15, 0.2) is 88.8 Å². The van der Waals surface area contributed by atoms with Gasteiger partial charge >= 0.3 is 0 Å². The van der Waals surface area contributed by atoms with Gasteiger partial charge in [0.15, 0.2) is 6.10 Å². The van der Waals surface area contributed by atoms with Crippen LogP contribution in [0.3, 0.4) is 0 Å². The highest BCUT2D eigenvalue weighted by molar-refractivity contribution is 7.92. The van der Waals surface area contributed by atoms with Crippen molar-refractivity contribution >= 4 is 27.3 Å². The zero-order valence-corrected chi connectivity index (χ0v) is 16.7. The van der Waals surface area contributed by atoms with Crippen LogP contribution in [0.5, 0.6) is 0 Å². The highest BCUT2D eigenvalue weighted by atomic mass is 35.5. The summed E-state index contributed by atoms with van der Waals surface area (Å²) in [5, 5.41) is -0.504. The third-order valence-electron chi connectivity index (χ3n) is 4.63. The summed E-state index contributed by atoms with van der Waals surface area (Å²) in [7, 11) is -3.75. The van der Waals surface area contributed by atoms with Crippen molar-refractivity contribution in [3.05, 3.63) is 101 Å². The van der Waals surface area contributed by atoms with Gasteiger partial charge in [0.1, 0.15) is 0 Å². The van der Waals surface area contributed by atoms with E-state index in [9.17, 15) is 8.42 Å². The average molecular weight is 412 g/mol. The van der Waals surface area contributed by atoms with Crippen molar-refractivity contribution in [1.29, 1.82) is 0 Å². The Morgan fingerprint density at radius 2 is 1.54 bits per heavy atom. The zero-order valence-electron chi connectivity index (χ0n) is 15.1. The lowest BCUT2D eigenvalue weighted by Gasteiger charge is -2.18. The number of ether oxygens (including phenoxy) is 1. The van der Waals surface area contributed by atoms with Crippen LogP contribution in [0, 0.1) is 6.92 Å². The molecule has 28 heavy (non-hydrogen) atoms. The summed E-state index contributed by atoms with van der Waals surface area (Å²) >= 11 is 5.99. The lowest BCUT2D eigenvalue weighted by Crippen LogP contribution is -2.24. The minimum Gasteiger partial charge on any atom is -0.466 e. The maximum absolute atomic E-state index is 13.4. The molecule has 0 saturated carbocycles. The molecule has 1 aliphatic rings. The number of aryl methyl sites for hydroxylation is 1. The maximum atomic E-state index is 13.4. The molecule has 2 atom stereocenters. The van der Waals surface area contributed by atoms with Gasteiger partial charge < -0.3 is 4.74 Å². The Kier molecular flexibility index (Phi) is 4.96. The van der Waals surface area contributed by atoms with E-state index in [-0.39, 0.29) is 4.90 Å². The third kappa shape index (κ3) is 3.55. The van der Waals surface area contributed by atoms with Gasteiger partial charge in [-0.1, -0.05) is 59.6 Å². The molecule has 3 aromatic rings. The quantitative estimate of drug-likeness (QED) is 0.609. The van der Waals surface area contributed by atoms with E-state index < -0.39 is 21.3 Å². The molecule has 0 aliphatic carbocycles. The molecule has 1 aliphatic heterocycles. The van der Waals surface area contributed by atoms with E-state index in [4.69, 9.17) is 16.3 Å². The SMILES string of the molecule is Cc1ccc(S(=O)(=O)[C@H]2N=C(c3ccccc3)O[C@@H]2c2ccc(Cl)cc2)cc1. The van der Waals surface area contributed by atoms with Gasteiger partial charge in [-0.05, 0) is 48.9 Å². The first kappa shape index (κ1) is 18.7. The standard InChI is InChI=1S/C22H18ClNO3S/c1-15-7-13-19(14-8-15)28(25,26)22-20(16-9-11-18(23)12-10-16)27-21(24-22)17-5-3-2-4-6-17/h2-14,20,22H,1H3/t20-,22-/m1/s1. The lowest BCUT2D eigenvalue weighted by atomic mass is 10.1. The minimum absolute atomic E-state index is 0.226. The summed E-state index contributed by atoms with van der Waals surface area (Å²) in [4.78, 5) is 4.71. The largest absolute Gasteiger partial charge is 0.466 e. The van der Waals surface area contributed by atoms with Gasteiger partial charge in [-0.2, -0.15) is 0 Å². The van der Waals surface area contributed by atoms with Gasteiger partial charge in [0.25, 0.3) is 0 Å². The van der Waals surface area contributed by atoms with Crippen molar-refractivity contribution in [3.8, 4) is 0 Å². The maximum Gasteiger partial charge on any atom is 0.218 e. The highest BCUT2D eigenvalue weighted by Gasteiger charge is 2.42. The predicted molar refractivity (Wildman–Crippen MR) is 110 cm³/mol. The van der Waals surface area contributed by atoms with E-state index in [0.717, 1.165) is 11.1 Å². The lowest BCUT2D eigenvalue weighted by molar-refractivity contribution is 0.218. The number of aliphatic imine (C=N–C) groups is 1. The van der Waals surface area contributed by atoms with Crippen molar-refractivity contribution in [1.82, 2.24) is 0 Å². The second-order valence-corrected chi connectivity index (χ2v) is 9.12. The summed E-state index contributed by atoms with van der Waals surface area (Å²) in [5.74, 6) is 0.321. The topological polar surface area (TPSA) is 55.7 Å². The molecule has 0 bridgehead atoms. The molecule has 0 radical (unpaired) electrons. The monoisotopic (exact) mass is 411 g/mol. The van der Waals surface area contributed by atoms with Gasteiger partial charge in [0, 0.05) is 10.6 Å². The third-order valence-corrected chi connectivity index (χ3v) is 6.80. The first-order chi connectivity index (χ1) is 13.4. The van der Waals surface area contributed by atoms with Crippen molar-refractivity contribution in [3.63, 3.8) is 0 Å². The van der Waals surface area contributed by atoms with Gasteiger partial charge in [0.2, 0.25) is 21.1 Å². The van der Waals surface area contributed by atoms with E-state index in [1.54, 1.807) is 48.5 Å². The van der Waals surface area contributed by atoms with Crippen LogP contribution < -0.4 is 0 Å². The fourth-order valence-corrected chi connectivity index (χ4v) is 4.79. The Morgan fingerprint density at radius 1 is 0.893 bits per heavy atom. The van der Waals surface area contributed by atoms with Crippen molar-refractivity contribution in [2.45, 2.75) is 23.3 Å². The molecule has 0 N–H and O–H groups in total. The summed E-state index contributed by atoms with van der Waals surface area (Å²) < 4.78 is 32.8. The van der Waals surface area contributed by atoms with Crippen LogP contribution in [-0.2, 0) is 14.6 Å². The number of rotatable bonds is 4. The Balaban J connectivity index is 1.79. The van der Waals surface area contributed by atoms with Crippen LogP contribution in [0.25, 0.3) is 0 Å². The number of benzene rings is 3. The van der Waals surface area contributed by atoms with Gasteiger partial charge in [-0.25, -0.2) is 13.4 Å². The van der Waals surface area contributed by atoms with E-state index in [1.807, 2.05) is 37.3 Å². The summed E-state index contributed by atoms with van der Waals surface area (Å²) in [6.07, 6.45) is -0.751. The van der Waals surface area contributed by atoms with Crippen LogP contribution in [0.4, 0.5) is 0 Å². The minimum atomic E-state index is -3.75. The fourth-order valence-electron chi connectivity index (χ4n) is 3.10. The van der Waals surface area contributed by atoms with E-state index in [0.29, 0.717) is 16.5 Å². The Morgan fingerprint density at radius 3 is 2.18 bits per heavy atom. The van der Waals surface area contributed by atoms with E-state index in [2.05, 4.69) is 4.99 Å². The zero-order chi connectivity index (χ0) is 19.7. The molecule has 3 aromatic carbocycles. The van der Waals surface area contributed by atoms with Crippen molar-refractivity contribution in [2.24, 2.45) is 4.99 Å². The van der Waals surface area contributed by atoms with Gasteiger partial charge in [-0.3, -0.25) is 0 Å². The molecule has 0 saturated heterocycles. The smallest absolute Gasteiger partial charge is 0.218 e. The van der Waals surface area contributed by atoms with Crippen molar-refractivity contribution < 1.29 is 13.2 Å². The molecule has 0 spiro atoms. The first-order valence-electron chi connectivity index (χ1n) is 8.81. The Hall–Kier alpha value is -2.63. The molecule has 6 heteroatoms. The van der Waals surface area contributed by atoms with E-state index >= 15 is 0 Å². The first-order valence-corrected chi connectivity index (χ1v) is 10.7. The molecule has 142 valence electrons. The van der Waals surface area contributed by atoms with Crippen LogP contribution in [0.2, 0.25) is 5.02 Å². The number of hydrogen-bond donors (Lipinski definition) is 0. The Labute approximate surface area is 169 Å². The normalized spacial score (nSPS) is 19.1. The van der Waals surface area contributed by atoms with Crippen LogP contribution in [-0.4, -0.2) is 19.7 Å². The number of halogens is 1. The van der Waals surface area contributed by atoms with Crippen LogP contribution >= 0.6 is 11.6 Å². The average Bonchev–Trinajstić information content (AvgIpc) is 3.16. The molecular formula is C22H18ClNO3S. The Bertz CT molecular complexity index is 1110. The van der Waals surface area contributed by atoms with Gasteiger partial charge in [0.05, 0.1) is 4.90 Å². The summed E-state index contributed by atoms with van der Waals surface area (Å²) in [6.45, 7) is 1.91. The fraction of sp³-hybridized carbons (Fsp3) is 0.136. The van der Waals surface area contributed by atoms with Crippen molar-refractivity contribution in [2.75, 3.05) is 0 Å². The van der Waals surface area contributed by atoms with Gasteiger partial charge in [-0.15, -0.1) is 0 Å². The second-order valence-electron chi connectivity index (χ2n) is 6.64. The highest BCUT2D eigenvalue weighted by Crippen LogP contribution is 2.37. The number of nitrogens with zero attached hydrogens (tertiary/aromatic N) is 1. The number of hydrogen-bond acceptors (Lipinski definition) is 4. The van der Waals surface area contributed by atoms with E-state index in [1.165, 1.54) is 0 Å². The second kappa shape index (κ2) is 7.41. The molecule has 1 heterocycles. The number of sulfone groups is 1. The molecular weight excluding hydrogens is 394 g/mol. The molecule has 0 amide bonds. The predicted octanol–water partition coefficient (Wildman–Crippen LogP) is 4.97.